The number of amides is 7. The molecule has 1 aromatic heterocycles. The van der Waals surface area contributed by atoms with E-state index in [1.807, 2.05) is 0 Å². The molecule has 0 saturated carbocycles. The topological polar surface area (TPSA) is 465 Å². The van der Waals surface area contributed by atoms with Gasteiger partial charge in [-0.3, -0.25) is 43.5 Å². The molecule has 0 aliphatic heterocycles. The van der Waals surface area contributed by atoms with Gasteiger partial charge in [-0.15, -0.1) is 0 Å². The minimum atomic E-state index is -1.43. The summed E-state index contributed by atoms with van der Waals surface area (Å²) in [6, 6.07) is -8.94. The number of hydrogen-bond acceptors (Lipinski definition) is 13. The highest BCUT2D eigenvalue weighted by Gasteiger charge is 2.33. The lowest BCUT2D eigenvalue weighted by Gasteiger charge is -2.27. The minimum Gasteiger partial charge on any atom is -0.480 e. The van der Waals surface area contributed by atoms with Crippen LogP contribution in [0.1, 0.15) is 90.7 Å². The lowest BCUT2D eigenvalue weighted by Crippen LogP contribution is -2.59. The molecule has 1 rings (SSSR count). The predicted molar refractivity (Wildman–Crippen MR) is 236 cm³/mol. The van der Waals surface area contributed by atoms with Crippen LogP contribution < -0.4 is 72.0 Å². The van der Waals surface area contributed by atoms with Gasteiger partial charge >= 0.3 is 5.97 Å². The summed E-state index contributed by atoms with van der Waals surface area (Å²) in [5.74, 6) is -7.45. The summed E-state index contributed by atoms with van der Waals surface area (Å²) in [5.41, 5.74) is 39.4. The van der Waals surface area contributed by atoms with Crippen LogP contribution in [0.25, 0.3) is 0 Å². The van der Waals surface area contributed by atoms with Gasteiger partial charge in [0, 0.05) is 37.8 Å². The van der Waals surface area contributed by atoms with Crippen molar-refractivity contribution in [2.45, 2.75) is 134 Å². The largest absolute Gasteiger partial charge is 0.480 e. The first-order chi connectivity index (χ1) is 30.1. The van der Waals surface area contributed by atoms with E-state index < -0.39 is 89.6 Å². The number of rotatable bonds is 32. The monoisotopic (exact) mass is 908 g/mol. The molecule has 0 saturated heterocycles. The van der Waals surface area contributed by atoms with Crippen molar-refractivity contribution in [1.82, 2.24) is 41.9 Å². The highest BCUT2D eigenvalue weighted by atomic mass is 16.4. The lowest BCUT2D eigenvalue weighted by molar-refractivity contribution is -0.143. The molecule has 1 aromatic rings. The van der Waals surface area contributed by atoms with Crippen LogP contribution in [0, 0.1) is 5.92 Å². The number of carboxylic acid groups (broad SMARTS) is 1. The van der Waals surface area contributed by atoms with E-state index in [-0.39, 0.29) is 95.3 Å². The summed E-state index contributed by atoms with van der Waals surface area (Å²) in [6.07, 6.45) is 3.49. The number of nitrogens with one attached hydrogen (secondary N) is 7. The van der Waals surface area contributed by atoms with Crippen LogP contribution in [0.3, 0.4) is 0 Å². The maximum absolute atomic E-state index is 14.0. The van der Waals surface area contributed by atoms with Crippen LogP contribution in [-0.2, 0) is 44.8 Å². The van der Waals surface area contributed by atoms with E-state index in [9.17, 15) is 43.5 Å². The van der Waals surface area contributed by atoms with Crippen molar-refractivity contribution < 1.29 is 43.5 Å². The molecule has 0 spiro atoms. The van der Waals surface area contributed by atoms with Crippen molar-refractivity contribution >= 4 is 59.2 Å². The standard InChI is InChI=1S/C38H69N17O9/c1-20(2)16-28(36(63)64)55-34(61)26(10-7-15-48-38(44)45)54-33(60)25(9-6-14-47-37(42)43)53-32(59)24(8-4-5-13-39)52-35(62)27(11-12-29(41)56)51-30(57)21(3)50-31(58)23(40)17-22-18-46-19-49-22/h18-21,23-28H,4-17,39-40H2,1-3H3,(H2,41,56)(H,46,49)(H,50,58)(H,51,57)(H,52,62)(H,53,59)(H,54,60)(H,55,61)(H,63,64)(H4,42,43,47)(H4,44,45,48)/t21-,23-,24-,25-,26-,27-,28-/m0/s1. The number of aliphatic imine (C=N–C) groups is 2. The second-order valence-electron chi connectivity index (χ2n) is 15.6. The number of aromatic nitrogens is 2. The fourth-order valence-electron chi connectivity index (χ4n) is 6.05. The molecular formula is C38H69N17O9. The summed E-state index contributed by atoms with van der Waals surface area (Å²) in [5, 5.41) is 25.0. The van der Waals surface area contributed by atoms with E-state index >= 15 is 0 Å². The fourth-order valence-corrected chi connectivity index (χ4v) is 6.05. The number of imidazole rings is 1. The molecule has 360 valence electrons. The molecule has 0 fully saturated rings. The van der Waals surface area contributed by atoms with Gasteiger partial charge in [-0.05, 0) is 77.2 Å². The van der Waals surface area contributed by atoms with Gasteiger partial charge in [0.15, 0.2) is 11.9 Å². The molecule has 64 heavy (non-hydrogen) atoms. The van der Waals surface area contributed by atoms with Crippen LogP contribution in [-0.4, -0.2) is 136 Å². The Morgan fingerprint density at radius 2 is 1.09 bits per heavy atom. The van der Waals surface area contributed by atoms with E-state index in [0.29, 0.717) is 18.5 Å². The smallest absolute Gasteiger partial charge is 0.326 e. The number of nitrogens with zero attached hydrogens (tertiary/aromatic N) is 3. The Bertz CT molecular complexity index is 1730. The summed E-state index contributed by atoms with van der Waals surface area (Å²) in [7, 11) is 0. The van der Waals surface area contributed by atoms with E-state index in [2.05, 4.69) is 51.9 Å². The van der Waals surface area contributed by atoms with Gasteiger partial charge < -0.3 is 82.1 Å². The van der Waals surface area contributed by atoms with Crippen LogP contribution in [0.15, 0.2) is 22.5 Å². The second-order valence-corrected chi connectivity index (χ2v) is 15.6. The van der Waals surface area contributed by atoms with E-state index in [1.165, 1.54) is 19.4 Å². The number of hydrogen-bond donors (Lipinski definition) is 15. The minimum absolute atomic E-state index is 0.0104. The molecule has 7 atom stereocenters. The normalized spacial score (nSPS) is 14.2. The third kappa shape index (κ3) is 23.0. The number of nitrogens with two attached hydrogens (primary N) is 7. The Balaban J connectivity index is 3.40. The first-order valence-electron chi connectivity index (χ1n) is 21.0. The average molecular weight is 908 g/mol. The Hall–Kier alpha value is -6.57. The molecule has 26 nitrogen and oxygen atoms in total. The van der Waals surface area contributed by atoms with Crippen LogP contribution >= 0.6 is 0 Å². The van der Waals surface area contributed by atoms with Crippen molar-refractivity contribution in [3.05, 3.63) is 18.2 Å². The maximum Gasteiger partial charge on any atom is 0.326 e. The van der Waals surface area contributed by atoms with E-state index in [0.717, 1.165) is 0 Å². The Kier molecular flexibility index (Phi) is 25.7. The quantitative estimate of drug-likeness (QED) is 0.0183. The average Bonchev–Trinajstić information content (AvgIpc) is 3.73. The zero-order valence-electron chi connectivity index (χ0n) is 36.8. The molecule has 0 unspecified atom stereocenters. The highest BCUT2D eigenvalue weighted by Crippen LogP contribution is 2.10. The summed E-state index contributed by atoms with van der Waals surface area (Å²) in [4.78, 5) is 120. The van der Waals surface area contributed by atoms with Crippen LogP contribution in [0.5, 0.6) is 0 Å². The third-order valence-electron chi connectivity index (χ3n) is 9.45. The Morgan fingerprint density at radius 1 is 0.641 bits per heavy atom. The first-order valence-corrected chi connectivity index (χ1v) is 21.0. The molecule has 1 heterocycles. The van der Waals surface area contributed by atoms with Gasteiger partial charge in [0.25, 0.3) is 0 Å². The van der Waals surface area contributed by atoms with Gasteiger partial charge in [0.05, 0.1) is 12.4 Å². The zero-order valence-corrected chi connectivity index (χ0v) is 36.8. The van der Waals surface area contributed by atoms with Crippen LogP contribution in [0.2, 0.25) is 0 Å². The van der Waals surface area contributed by atoms with Crippen molar-refractivity contribution in [3.63, 3.8) is 0 Å². The molecule has 0 aliphatic carbocycles. The van der Waals surface area contributed by atoms with Crippen molar-refractivity contribution in [1.29, 1.82) is 0 Å². The summed E-state index contributed by atoms with van der Waals surface area (Å²) in [6.45, 7) is 5.29. The van der Waals surface area contributed by atoms with Crippen LogP contribution in [0.4, 0.5) is 0 Å². The SMILES string of the molecule is CC(C)C[C@H](NC(=O)[C@H](CCCN=C(N)N)NC(=O)[C@H](CCCN=C(N)N)NC(=O)[C@H](CCCCN)NC(=O)[C@H](CCC(N)=O)NC(=O)[C@H](C)NC(=O)[C@@H](N)Cc1cnc[nH]1)C(=O)O. The molecule has 7 amide bonds. The highest BCUT2D eigenvalue weighted by molar-refractivity contribution is 5.97. The van der Waals surface area contributed by atoms with Crippen molar-refractivity contribution in [2.75, 3.05) is 19.6 Å². The number of H-pyrrole nitrogens is 1. The molecule has 22 N–H and O–H groups in total. The molecule has 0 aliphatic rings. The lowest BCUT2D eigenvalue weighted by atomic mass is 10.0. The fraction of sp³-hybridized carbons (Fsp3) is 0.658. The number of guanidine groups is 2. The maximum atomic E-state index is 14.0. The van der Waals surface area contributed by atoms with Crippen molar-refractivity contribution in [2.24, 2.45) is 56.0 Å². The van der Waals surface area contributed by atoms with Gasteiger partial charge in [-0.1, -0.05) is 13.8 Å². The number of carboxylic acids is 1. The second kappa shape index (κ2) is 29.7. The van der Waals surface area contributed by atoms with Gasteiger partial charge in [-0.25, -0.2) is 9.78 Å². The van der Waals surface area contributed by atoms with Crippen molar-refractivity contribution in [3.8, 4) is 0 Å². The number of carbonyl (C=O) groups excluding carboxylic acids is 7. The molecule has 0 bridgehead atoms. The number of unbranched alkanes of at least 4 members (excludes halogenated alkanes) is 1. The number of primary amides is 1. The summed E-state index contributed by atoms with van der Waals surface area (Å²) < 4.78 is 0. The molecular weight excluding hydrogens is 839 g/mol. The molecule has 0 aromatic carbocycles. The van der Waals surface area contributed by atoms with Gasteiger partial charge in [-0.2, -0.15) is 0 Å². The Labute approximate surface area is 371 Å². The van der Waals surface area contributed by atoms with E-state index in [4.69, 9.17) is 40.1 Å². The molecule has 0 radical (unpaired) electrons. The predicted octanol–water partition coefficient (Wildman–Crippen LogP) is -5.16. The number of aliphatic carboxylic acids is 1. The summed E-state index contributed by atoms with van der Waals surface area (Å²) >= 11 is 0. The number of aromatic amines is 1. The number of carbonyl (C=O) groups is 8. The third-order valence-corrected chi connectivity index (χ3v) is 9.45. The zero-order chi connectivity index (χ0) is 48.4. The van der Waals surface area contributed by atoms with E-state index in [1.54, 1.807) is 13.8 Å². The molecule has 26 heteroatoms. The Morgan fingerprint density at radius 3 is 1.50 bits per heavy atom. The first kappa shape index (κ1) is 55.4. The van der Waals surface area contributed by atoms with Gasteiger partial charge in [0.2, 0.25) is 41.4 Å². The van der Waals surface area contributed by atoms with Gasteiger partial charge in [0.1, 0.15) is 36.3 Å².